The molecule has 120 valence electrons. The fourth-order valence-electron chi connectivity index (χ4n) is 2.16. The van der Waals surface area contributed by atoms with Crippen LogP contribution in [0.3, 0.4) is 0 Å². The van der Waals surface area contributed by atoms with E-state index >= 15 is 0 Å². The Balaban J connectivity index is 2.73. The van der Waals surface area contributed by atoms with Crippen LogP contribution in [0, 0.1) is 13.8 Å². The molecule has 23 heavy (non-hydrogen) atoms. The Hall–Kier alpha value is -2.28. The highest BCUT2D eigenvalue weighted by Crippen LogP contribution is 2.24. The van der Waals surface area contributed by atoms with Crippen molar-refractivity contribution in [1.29, 1.82) is 0 Å². The Morgan fingerprint density at radius 1 is 0.783 bits per heavy atom. The lowest BCUT2D eigenvalue weighted by atomic mass is 10.2. The zero-order valence-electron chi connectivity index (χ0n) is 12.5. The first-order valence-electron chi connectivity index (χ1n) is 6.56. The second-order valence-corrected chi connectivity index (χ2v) is 8.83. The minimum absolute atomic E-state index is 0.218. The fraction of sp³-hybridized carbons (Fsp3) is 0.133. The van der Waals surface area contributed by atoms with Gasteiger partial charge in [-0.2, -0.15) is 0 Å². The molecule has 0 spiro atoms. The Labute approximate surface area is 134 Å². The van der Waals surface area contributed by atoms with E-state index in [1.54, 1.807) is 12.1 Å². The largest absolute Gasteiger partial charge is 0.504 e. The molecule has 0 saturated carbocycles. The average molecular weight is 350 g/mol. The van der Waals surface area contributed by atoms with Gasteiger partial charge in [0.2, 0.25) is 0 Å². The van der Waals surface area contributed by atoms with Crippen molar-refractivity contribution >= 4 is 24.1 Å². The third-order valence-electron chi connectivity index (χ3n) is 3.31. The SMILES string of the molecule is Cc1ccccc1S(=O)(=O)C(=[N+]=[N-])S(=O)(=O)c1ccccc1C. The molecule has 0 aromatic heterocycles. The van der Waals surface area contributed by atoms with Gasteiger partial charge < -0.3 is 5.53 Å². The molecule has 0 unspecified atom stereocenters. The van der Waals surface area contributed by atoms with Gasteiger partial charge in [-0.05, 0) is 37.1 Å². The third kappa shape index (κ3) is 2.96. The van der Waals surface area contributed by atoms with E-state index in [4.69, 9.17) is 5.53 Å². The number of benzene rings is 2. The molecule has 0 heterocycles. The molecule has 0 N–H and O–H groups in total. The van der Waals surface area contributed by atoms with Crippen molar-refractivity contribution in [3.63, 3.8) is 0 Å². The van der Waals surface area contributed by atoms with Crippen molar-refractivity contribution in [2.24, 2.45) is 0 Å². The Bertz CT molecular complexity index is 941. The molecule has 8 heteroatoms. The second-order valence-electron chi connectivity index (χ2n) is 4.90. The van der Waals surface area contributed by atoms with E-state index in [1.807, 2.05) is 0 Å². The molecule has 0 radical (unpaired) electrons. The molecule has 2 aromatic rings. The smallest absolute Gasteiger partial charge is 0.359 e. The van der Waals surface area contributed by atoms with E-state index in [0.717, 1.165) is 0 Å². The highest BCUT2D eigenvalue weighted by molar-refractivity contribution is 8.31. The Morgan fingerprint density at radius 2 is 1.13 bits per heavy atom. The lowest BCUT2D eigenvalue weighted by Crippen LogP contribution is -2.27. The highest BCUT2D eigenvalue weighted by atomic mass is 32.3. The number of hydrogen-bond donors (Lipinski definition) is 0. The van der Waals surface area contributed by atoms with E-state index in [-0.39, 0.29) is 9.79 Å². The Kier molecular flexibility index (Phi) is 4.51. The van der Waals surface area contributed by atoms with E-state index in [0.29, 0.717) is 11.1 Å². The summed E-state index contributed by atoms with van der Waals surface area (Å²) < 4.78 is 49.3. The lowest BCUT2D eigenvalue weighted by Gasteiger charge is -2.06. The fourth-order valence-corrected chi connectivity index (χ4v) is 5.94. The molecule has 0 aliphatic heterocycles. The predicted molar refractivity (Wildman–Crippen MR) is 85.4 cm³/mol. The van der Waals surface area contributed by atoms with Gasteiger partial charge in [0.1, 0.15) is 0 Å². The zero-order valence-corrected chi connectivity index (χ0v) is 14.1. The molecular formula is C15H14N2O4S2. The zero-order chi connectivity index (χ0) is 17.3. The van der Waals surface area contributed by atoms with Crippen LogP contribution in [-0.2, 0) is 19.7 Å². The summed E-state index contributed by atoms with van der Waals surface area (Å²) >= 11 is 0. The molecule has 0 bridgehead atoms. The minimum atomic E-state index is -4.49. The molecule has 0 aliphatic rings. The van der Waals surface area contributed by atoms with Crippen molar-refractivity contribution < 1.29 is 21.6 Å². The molecule has 2 aromatic carbocycles. The van der Waals surface area contributed by atoms with Gasteiger partial charge in [0.25, 0.3) is 19.7 Å². The van der Waals surface area contributed by atoms with Crippen LogP contribution in [0.25, 0.3) is 5.53 Å². The first-order chi connectivity index (χ1) is 10.7. The first-order valence-corrected chi connectivity index (χ1v) is 9.53. The van der Waals surface area contributed by atoms with Crippen molar-refractivity contribution in [1.82, 2.24) is 0 Å². The van der Waals surface area contributed by atoms with E-state index < -0.39 is 24.1 Å². The molecule has 0 atom stereocenters. The number of rotatable bonds is 2. The lowest BCUT2D eigenvalue weighted by molar-refractivity contribution is 0.00379. The molecule has 0 amide bonds. The van der Waals surface area contributed by atoms with Gasteiger partial charge in [-0.3, -0.25) is 0 Å². The van der Waals surface area contributed by atoms with Gasteiger partial charge in [-0.25, -0.2) is 16.8 Å². The van der Waals surface area contributed by atoms with Crippen molar-refractivity contribution in [3.8, 4) is 0 Å². The third-order valence-corrected chi connectivity index (χ3v) is 7.78. The Morgan fingerprint density at radius 3 is 1.43 bits per heavy atom. The quantitative estimate of drug-likeness (QED) is 0.358. The van der Waals surface area contributed by atoms with E-state index in [1.165, 1.54) is 50.2 Å². The summed E-state index contributed by atoms with van der Waals surface area (Å²) in [5.41, 5.74) is 9.84. The summed E-state index contributed by atoms with van der Waals surface area (Å²) in [5.74, 6) is 0. The number of aryl methyl sites for hydroxylation is 2. The maximum absolute atomic E-state index is 12.6. The van der Waals surface area contributed by atoms with E-state index in [2.05, 4.69) is 4.79 Å². The van der Waals surface area contributed by atoms with Crippen LogP contribution in [0.4, 0.5) is 0 Å². The minimum Gasteiger partial charge on any atom is -0.359 e. The van der Waals surface area contributed by atoms with E-state index in [9.17, 15) is 16.8 Å². The van der Waals surface area contributed by atoms with Crippen LogP contribution in [0.15, 0.2) is 58.3 Å². The molecule has 2 rings (SSSR count). The maximum atomic E-state index is 12.6. The molecular weight excluding hydrogens is 336 g/mol. The van der Waals surface area contributed by atoms with Crippen LogP contribution in [0.1, 0.15) is 11.1 Å². The van der Waals surface area contributed by atoms with Gasteiger partial charge in [0.05, 0.1) is 9.79 Å². The summed E-state index contributed by atoms with van der Waals surface area (Å²) in [6.07, 6.45) is 0. The van der Waals surface area contributed by atoms with Gasteiger partial charge in [0.15, 0.2) is 0 Å². The maximum Gasteiger partial charge on any atom is 0.504 e. The predicted octanol–water partition coefficient (Wildman–Crippen LogP) is 2.14. The number of nitrogens with zero attached hydrogens (tertiary/aromatic N) is 2. The molecule has 6 nitrogen and oxygen atoms in total. The topological polar surface area (TPSA) is 105 Å². The van der Waals surface area contributed by atoms with Gasteiger partial charge in [-0.15, -0.1) is 4.79 Å². The summed E-state index contributed by atoms with van der Waals surface area (Å²) in [6.45, 7) is 3.06. The summed E-state index contributed by atoms with van der Waals surface area (Å²) in [5, 5.41) is 0. The average Bonchev–Trinajstić information content (AvgIpc) is 2.47. The van der Waals surface area contributed by atoms with Crippen LogP contribution in [0.2, 0.25) is 0 Å². The summed E-state index contributed by atoms with van der Waals surface area (Å²) in [7, 11) is -8.98. The van der Waals surface area contributed by atoms with Crippen LogP contribution >= 0.6 is 0 Å². The molecule has 0 fully saturated rings. The summed E-state index contributed by atoms with van der Waals surface area (Å²) in [4.78, 5) is 2.17. The van der Waals surface area contributed by atoms with Crippen LogP contribution in [-0.4, -0.2) is 26.0 Å². The normalized spacial score (nSPS) is 11.7. The summed E-state index contributed by atoms with van der Waals surface area (Å²) in [6, 6.07) is 11.8. The number of sulfone groups is 2. The van der Waals surface area contributed by atoms with Crippen molar-refractivity contribution in [2.75, 3.05) is 0 Å². The second kappa shape index (κ2) is 6.08. The van der Waals surface area contributed by atoms with Gasteiger partial charge in [-0.1, -0.05) is 36.4 Å². The van der Waals surface area contributed by atoms with Crippen molar-refractivity contribution in [2.45, 2.75) is 23.6 Å². The number of hydrogen-bond acceptors (Lipinski definition) is 4. The first kappa shape index (κ1) is 17.1. The highest BCUT2D eigenvalue weighted by Gasteiger charge is 2.45. The molecule has 0 saturated heterocycles. The van der Waals surface area contributed by atoms with Crippen molar-refractivity contribution in [3.05, 3.63) is 65.2 Å². The van der Waals surface area contributed by atoms with Gasteiger partial charge in [0, 0.05) is 0 Å². The standard InChI is InChI=1S/C15H14N2O4S2/c1-11-7-3-5-9-13(11)22(18,19)15(17-16)23(20,21)14-10-6-4-8-12(14)2/h3-10H,1-2H3. The van der Waals surface area contributed by atoms with Gasteiger partial charge >= 0.3 is 4.38 Å². The molecule has 0 aliphatic carbocycles. The monoisotopic (exact) mass is 350 g/mol. The van der Waals surface area contributed by atoms with Crippen LogP contribution in [0.5, 0.6) is 0 Å². The van der Waals surface area contributed by atoms with Crippen LogP contribution < -0.4 is 0 Å².